The van der Waals surface area contributed by atoms with Crippen molar-refractivity contribution in [2.24, 2.45) is 0 Å². The van der Waals surface area contributed by atoms with Crippen LogP contribution in [0.4, 0.5) is 0 Å². The molecule has 0 bridgehead atoms. The van der Waals surface area contributed by atoms with Crippen LogP contribution >= 0.6 is 11.3 Å². The maximum Gasteiger partial charge on any atom is 0.140 e. The van der Waals surface area contributed by atoms with E-state index in [9.17, 15) is 0 Å². The SMILES string of the molecule is CC(C)NCc1cn(Cc2cscn2)c2ncccc12. The Morgan fingerprint density at radius 2 is 2.25 bits per heavy atom. The van der Waals surface area contributed by atoms with Crippen LogP contribution in [0.3, 0.4) is 0 Å². The highest BCUT2D eigenvalue weighted by molar-refractivity contribution is 7.07. The van der Waals surface area contributed by atoms with Crippen molar-refractivity contribution in [2.45, 2.75) is 33.0 Å². The molecule has 1 N–H and O–H groups in total. The number of hydrogen-bond acceptors (Lipinski definition) is 4. The van der Waals surface area contributed by atoms with E-state index in [0.29, 0.717) is 6.04 Å². The highest BCUT2D eigenvalue weighted by atomic mass is 32.1. The van der Waals surface area contributed by atoms with Crippen LogP contribution in [0.1, 0.15) is 25.1 Å². The van der Waals surface area contributed by atoms with E-state index in [1.165, 1.54) is 10.9 Å². The summed E-state index contributed by atoms with van der Waals surface area (Å²) in [5.74, 6) is 0. The van der Waals surface area contributed by atoms with E-state index in [4.69, 9.17) is 0 Å². The number of rotatable bonds is 5. The van der Waals surface area contributed by atoms with Gasteiger partial charge in [0.2, 0.25) is 0 Å². The summed E-state index contributed by atoms with van der Waals surface area (Å²) < 4.78 is 2.18. The summed E-state index contributed by atoms with van der Waals surface area (Å²) in [7, 11) is 0. The lowest BCUT2D eigenvalue weighted by molar-refractivity contribution is 0.589. The molecule has 3 aromatic rings. The van der Waals surface area contributed by atoms with E-state index < -0.39 is 0 Å². The Bertz CT molecular complexity index is 685. The van der Waals surface area contributed by atoms with Crippen molar-refractivity contribution < 1.29 is 0 Å². The van der Waals surface area contributed by atoms with Gasteiger partial charge in [0.15, 0.2) is 0 Å². The van der Waals surface area contributed by atoms with Crippen molar-refractivity contribution in [3.63, 3.8) is 0 Å². The summed E-state index contributed by atoms with van der Waals surface area (Å²) in [4.78, 5) is 8.88. The molecule has 0 aliphatic heterocycles. The molecule has 0 atom stereocenters. The Morgan fingerprint density at radius 1 is 1.35 bits per heavy atom. The van der Waals surface area contributed by atoms with Crippen molar-refractivity contribution in [2.75, 3.05) is 0 Å². The van der Waals surface area contributed by atoms with Crippen LogP contribution in [-0.2, 0) is 13.1 Å². The van der Waals surface area contributed by atoms with E-state index >= 15 is 0 Å². The number of fused-ring (bicyclic) bond motifs is 1. The number of thiazole rings is 1. The van der Waals surface area contributed by atoms with E-state index in [1.54, 1.807) is 11.3 Å². The number of hydrogen-bond donors (Lipinski definition) is 1. The zero-order chi connectivity index (χ0) is 13.9. The fraction of sp³-hybridized carbons (Fsp3) is 0.333. The average molecular weight is 286 g/mol. The molecule has 20 heavy (non-hydrogen) atoms. The van der Waals surface area contributed by atoms with Gasteiger partial charge in [-0.1, -0.05) is 13.8 Å². The van der Waals surface area contributed by atoms with Gasteiger partial charge in [-0.25, -0.2) is 9.97 Å². The first-order valence-electron chi connectivity index (χ1n) is 6.77. The van der Waals surface area contributed by atoms with E-state index in [2.05, 4.69) is 51.3 Å². The zero-order valence-electron chi connectivity index (χ0n) is 11.7. The minimum atomic E-state index is 0.476. The number of nitrogens with one attached hydrogen (secondary N) is 1. The Labute approximate surface area is 122 Å². The molecule has 0 spiro atoms. The Morgan fingerprint density at radius 3 is 3.00 bits per heavy atom. The van der Waals surface area contributed by atoms with Gasteiger partial charge in [-0.3, -0.25) is 0 Å². The van der Waals surface area contributed by atoms with Gasteiger partial charge in [-0.15, -0.1) is 11.3 Å². The van der Waals surface area contributed by atoms with Gasteiger partial charge in [0.05, 0.1) is 17.7 Å². The maximum atomic E-state index is 4.52. The van der Waals surface area contributed by atoms with Crippen LogP contribution in [0.5, 0.6) is 0 Å². The fourth-order valence-electron chi connectivity index (χ4n) is 2.26. The predicted octanol–water partition coefficient (Wildman–Crippen LogP) is 3.04. The fourth-order valence-corrected chi connectivity index (χ4v) is 2.81. The number of pyridine rings is 1. The normalized spacial score (nSPS) is 11.6. The monoisotopic (exact) mass is 286 g/mol. The lowest BCUT2D eigenvalue weighted by Gasteiger charge is -2.06. The van der Waals surface area contributed by atoms with Crippen LogP contribution < -0.4 is 5.32 Å². The molecule has 0 saturated carbocycles. The highest BCUT2D eigenvalue weighted by Gasteiger charge is 2.10. The topological polar surface area (TPSA) is 42.7 Å². The first-order valence-corrected chi connectivity index (χ1v) is 7.71. The summed E-state index contributed by atoms with van der Waals surface area (Å²) in [5.41, 5.74) is 5.27. The first-order chi connectivity index (χ1) is 9.74. The summed E-state index contributed by atoms with van der Waals surface area (Å²) in [6, 6.07) is 4.61. The third kappa shape index (κ3) is 2.73. The molecule has 0 unspecified atom stereocenters. The van der Waals surface area contributed by atoms with Crippen LogP contribution in [0.15, 0.2) is 35.4 Å². The van der Waals surface area contributed by atoms with Gasteiger partial charge < -0.3 is 9.88 Å². The quantitative estimate of drug-likeness (QED) is 0.784. The van der Waals surface area contributed by atoms with Gasteiger partial charge in [0, 0.05) is 35.7 Å². The molecule has 0 aliphatic rings. The third-order valence-corrected chi connectivity index (χ3v) is 3.87. The molecule has 0 fully saturated rings. The van der Waals surface area contributed by atoms with E-state index in [1.807, 2.05) is 17.8 Å². The molecule has 5 heteroatoms. The Balaban J connectivity index is 1.95. The zero-order valence-corrected chi connectivity index (χ0v) is 12.5. The predicted molar refractivity (Wildman–Crippen MR) is 82.9 cm³/mol. The molecule has 4 nitrogen and oxygen atoms in total. The molecule has 3 rings (SSSR count). The second-order valence-electron chi connectivity index (χ2n) is 5.17. The van der Waals surface area contributed by atoms with Gasteiger partial charge in [-0.2, -0.15) is 0 Å². The maximum absolute atomic E-state index is 4.52. The van der Waals surface area contributed by atoms with Crippen LogP contribution in [0, 0.1) is 0 Å². The lowest BCUT2D eigenvalue weighted by atomic mass is 10.2. The lowest BCUT2D eigenvalue weighted by Crippen LogP contribution is -2.21. The smallest absolute Gasteiger partial charge is 0.140 e. The molecule has 0 saturated heterocycles. The largest absolute Gasteiger partial charge is 0.326 e. The summed E-state index contributed by atoms with van der Waals surface area (Å²) in [5, 5.41) is 6.77. The summed E-state index contributed by atoms with van der Waals surface area (Å²) in [6.45, 7) is 5.96. The van der Waals surface area contributed by atoms with Gasteiger partial charge in [-0.05, 0) is 17.7 Å². The van der Waals surface area contributed by atoms with Crippen LogP contribution in [0.25, 0.3) is 11.0 Å². The molecule has 3 heterocycles. The molecule has 104 valence electrons. The van der Waals surface area contributed by atoms with E-state index in [0.717, 1.165) is 24.4 Å². The van der Waals surface area contributed by atoms with Crippen molar-refractivity contribution in [3.05, 3.63) is 46.7 Å². The second-order valence-corrected chi connectivity index (χ2v) is 5.89. The Hall–Kier alpha value is -1.72. The Kier molecular flexibility index (Phi) is 3.80. The molecule has 0 aliphatic carbocycles. The molecule has 3 aromatic heterocycles. The van der Waals surface area contributed by atoms with E-state index in [-0.39, 0.29) is 0 Å². The molecule has 0 radical (unpaired) electrons. The second kappa shape index (κ2) is 5.73. The van der Waals surface area contributed by atoms with Gasteiger partial charge in [0.1, 0.15) is 5.65 Å². The standard InChI is InChI=1S/C15H18N4S/c1-11(2)17-6-12-7-19(8-13-9-20-10-18-13)15-14(12)4-3-5-16-15/h3-5,7,9-11,17H,6,8H2,1-2H3. The molecule has 0 aromatic carbocycles. The van der Waals surface area contributed by atoms with Gasteiger partial charge in [0.25, 0.3) is 0 Å². The molecular formula is C15H18N4S. The first kappa shape index (κ1) is 13.3. The highest BCUT2D eigenvalue weighted by Crippen LogP contribution is 2.20. The summed E-state index contributed by atoms with van der Waals surface area (Å²) >= 11 is 1.63. The van der Waals surface area contributed by atoms with Crippen LogP contribution in [0.2, 0.25) is 0 Å². The minimum Gasteiger partial charge on any atom is -0.326 e. The van der Waals surface area contributed by atoms with Crippen LogP contribution in [-0.4, -0.2) is 20.6 Å². The van der Waals surface area contributed by atoms with Crippen molar-refractivity contribution in [1.82, 2.24) is 19.9 Å². The minimum absolute atomic E-state index is 0.476. The summed E-state index contributed by atoms with van der Waals surface area (Å²) in [6.07, 6.45) is 4.03. The molecular weight excluding hydrogens is 268 g/mol. The third-order valence-electron chi connectivity index (χ3n) is 3.23. The number of aromatic nitrogens is 3. The van der Waals surface area contributed by atoms with Crippen molar-refractivity contribution >= 4 is 22.4 Å². The van der Waals surface area contributed by atoms with Gasteiger partial charge >= 0.3 is 0 Å². The number of nitrogens with zero attached hydrogens (tertiary/aromatic N) is 3. The molecule has 0 amide bonds. The average Bonchev–Trinajstić information content (AvgIpc) is 3.06. The van der Waals surface area contributed by atoms with Crippen molar-refractivity contribution in [1.29, 1.82) is 0 Å². The van der Waals surface area contributed by atoms with Crippen molar-refractivity contribution in [3.8, 4) is 0 Å².